The van der Waals surface area contributed by atoms with Crippen LogP contribution in [0.3, 0.4) is 0 Å². The lowest BCUT2D eigenvalue weighted by Gasteiger charge is -2.37. The molecule has 2 aromatic carbocycles. The van der Waals surface area contributed by atoms with Gasteiger partial charge in [-0.25, -0.2) is 8.42 Å². The molecule has 1 aliphatic rings. The minimum atomic E-state index is -3.87. The summed E-state index contributed by atoms with van der Waals surface area (Å²) in [6.45, 7) is 4.16. The summed E-state index contributed by atoms with van der Waals surface area (Å²) in [6, 6.07) is 12.5. The van der Waals surface area contributed by atoms with Crippen LogP contribution in [0.2, 0.25) is 0 Å². The van der Waals surface area contributed by atoms with E-state index < -0.39 is 14.9 Å². The maximum atomic E-state index is 13.1. The lowest BCUT2D eigenvalue weighted by atomic mass is 10.1. The molecule has 0 radical (unpaired) electrons. The predicted molar refractivity (Wildman–Crippen MR) is 96.3 cm³/mol. The second-order valence-electron chi connectivity index (χ2n) is 6.41. The van der Waals surface area contributed by atoms with Gasteiger partial charge in [-0.2, -0.15) is 4.31 Å². The molecule has 138 valence electrons. The van der Waals surface area contributed by atoms with Gasteiger partial charge in [0.05, 0.1) is 22.5 Å². The number of nitro benzene ring substituents is 1. The number of morpholine rings is 1. The van der Waals surface area contributed by atoms with Crippen LogP contribution in [0, 0.1) is 17.0 Å². The number of sulfonamides is 1. The topological polar surface area (TPSA) is 89.8 Å². The van der Waals surface area contributed by atoms with E-state index in [4.69, 9.17) is 4.74 Å². The van der Waals surface area contributed by atoms with Crippen molar-refractivity contribution in [2.24, 2.45) is 0 Å². The van der Waals surface area contributed by atoms with E-state index in [1.54, 1.807) is 6.92 Å². The van der Waals surface area contributed by atoms with Gasteiger partial charge in [-0.3, -0.25) is 10.1 Å². The van der Waals surface area contributed by atoms with E-state index in [1.807, 2.05) is 31.2 Å². The van der Waals surface area contributed by atoms with Crippen molar-refractivity contribution in [3.05, 3.63) is 69.8 Å². The quantitative estimate of drug-likeness (QED) is 0.604. The Morgan fingerprint density at radius 1 is 1.19 bits per heavy atom. The van der Waals surface area contributed by atoms with E-state index in [0.717, 1.165) is 17.2 Å². The lowest BCUT2D eigenvalue weighted by molar-refractivity contribution is -0.385. The highest BCUT2D eigenvalue weighted by Gasteiger charge is 2.36. The number of nitrogens with zero attached hydrogens (tertiary/aromatic N) is 2. The standard InChI is InChI=1S/C18H20N2O5S/c1-13-6-8-15(9-7-13)18-11-19(14(2)12-25-18)26(23,24)17-5-3-4-16(10-17)20(21)22/h3-10,14,18H,11-12H2,1-2H3. The molecule has 0 spiro atoms. The third-order valence-corrected chi connectivity index (χ3v) is 6.44. The number of hydrogen-bond donors (Lipinski definition) is 0. The number of benzene rings is 2. The molecule has 1 saturated heterocycles. The number of ether oxygens (including phenoxy) is 1. The Kier molecular flexibility index (Phi) is 5.08. The van der Waals surface area contributed by atoms with Crippen LogP contribution in [0.15, 0.2) is 53.4 Å². The molecule has 0 aromatic heterocycles. The first-order valence-corrected chi connectivity index (χ1v) is 9.67. The van der Waals surface area contributed by atoms with Gasteiger partial charge in [0, 0.05) is 24.7 Å². The summed E-state index contributed by atoms with van der Waals surface area (Å²) in [5.41, 5.74) is 1.77. The minimum Gasteiger partial charge on any atom is -0.370 e. The fourth-order valence-corrected chi connectivity index (χ4v) is 4.60. The van der Waals surface area contributed by atoms with Crippen molar-refractivity contribution in [2.45, 2.75) is 30.9 Å². The highest BCUT2D eigenvalue weighted by molar-refractivity contribution is 7.89. The third kappa shape index (κ3) is 3.62. The largest absolute Gasteiger partial charge is 0.370 e. The molecule has 8 heteroatoms. The van der Waals surface area contributed by atoms with E-state index in [0.29, 0.717) is 0 Å². The zero-order valence-corrected chi connectivity index (χ0v) is 15.3. The summed E-state index contributed by atoms with van der Waals surface area (Å²) in [7, 11) is -3.87. The summed E-state index contributed by atoms with van der Waals surface area (Å²) in [5.74, 6) is 0. The second-order valence-corrected chi connectivity index (χ2v) is 8.30. The van der Waals surface area contributed by atoms with Gasteiger partial charge in [0.25, 0.3) is 5.69 Å². The molecule has 7 nitrogen and oxygen atoms in total. The van der Waals surface area contributed by atoms with Crippen molar-refractivity contribution in [3.8, 4) is 0 Å². The first kappa shape index (κ1) is 18.5. The van der Waals surface area contributed by atoms with Crippen LogP contribution in [0.1, 0.15) is 24.2 Å². The fourth-order valence-electron chi connectivity index (χ4n) is 2.95. The average Bonchev–Trinajstić information content (AvgIpc) is 2.63. The zero-order valence-electron chi connectivity index (χ0n) is 14.5. The second kappa shape index (κ2) is 7.14. The van der Waals surface area contributed by atoms with Gasteiger partial charge in [-0.1, -0.05) is 35.9 Å². The highest BCUT2D eigenvalue weighted by atomic mass is 32.2. The number of non-ortho nitro benzene ring substituents is 1. The van der Waals surface area contributed by atoms with Gasteiger partial charge >= 0.3 is 0 Å². The van der Waals surface area contributed by atoms with Crippen molar-refractivity contribution in [2.75, 3.05) is 13.2 Å². The molecule has 0 saturated carbocycles. The highest BCUT2D eigenvalue weighted by Crippen LogP contribution is 2.30. The number of hydrogen-bond acceptors (Lipinski definition) is 5. The third-order valence-electron chi connectivity index (χ3n) is 4.46. The molecule has 1 aliphatic heterocycles. The Labute approximate surface area is 152 Å². The van der Waals surface area contributed by atoms with Crippen molar-refractivity contribution in [1.29, 1.82) is 0 Å². The maximum Gasteiger partial charge on any atom is 0.270 e. The summed E-state index contributed by atoms with van der Waals surface area (Å²) < 4.78 is 33.3. The zero-order chi connectivity index (χ0) is 18.9. The first-order valence-electron chi connectivity index (χ1n) is 8.23. The van der Waals surface area contributed by atoms with Crippen LogP contribution < -0.4 is 0 Å². The first-order chi connectivity index (χ1) is 12.3. The lowest BCUT2D eigenvalue weighted by Crippen LogP contribution is -2.48. The van der Waals surface area contributed by atoms with Crippen LogP contribution in [-0.2, 0) is 14.8 Å². The van der Waals surface area contributed by atoms with Gasteiger partial charge in [-0.05, 0) is 25.5 Å². The Morgan fingerprint density at radius 2 is 1.88 bits per heavy atom. The summed E-state index contributed by atoms with van der Waals surface area (Å²) in [4.78, 5) is 10.3. The molecule has 0 aliphatic carbocycles. The van der Waals surface area contributed by atoms with E-state index in [2.05, 4.69) is 0 Å². The van der Waals surface area contributed by atoms with Crippen LogP contribution >= 0.6 is 0 Å². The van der Waals surface area contributed by atoms with Gasteiger partial charge in [-0.15, -0.1) is 0 Å². The molecule has 2 aromatic rings. The summed E-state index contributed by atoms with van der Waals surface area (Å²) in [6.07, 6.45) is -0.375. The van der Waals surface area contributed by atoms with Crippen molar-refractivity contribution in [3.63, 3.8) is 0 Å². The van der Waals surface area contributed by atoms with Gasteiger partial charge in [0.2, 0.25) is 10.0 Å². The Morgan fingerprint density at radius 3 is 2.54 bits per heavy atom. The fraction of sp³-hybridized carbons (Fsp3) is 0.333. The molecular weight excluding hydrogens is 356 g/mol. The monoisotopic (exact) mass is 376 g/mol. The van der Waals surface area contributed by atoms with Crippen molar-refractivity contribution in [1.82, 2.24) is 4.31 Å². The van der Waals surface area contributed by atoms with Crippen molar-refractivity contribution < 1.29 is 18.1 Å². The average molecular weight is 376 g/mol. The molecule has 1 heterocycles. The Bertz CT molecular complexity index is 911. The number of aryl methyl sites for hydroxylation is 1. The Balaban J connectivity index is 1.91. The molecule has 1 fully saturated rings. The molecule has 2 unspecified atom stereocenters. The molecule has 26 heavy (non-hydrogen) atoms. The Hall–Kier alpha value is -2.29. The maximum absolute atomic E-state index is 13.1. The van der Waals surface area contributed by atoms with E-state index >= 15 is 0 Å². The van der Waals surface area contributed by atoms with Gasteiger partial charge < -0.3 is 4.74 Å². The van der Waals surface area contributed by atoms with Crippen LogP contribution in [0.5, 0.6) is 0 Å². The smallest absolute Gasteiger partial charge is 0.270 e. The molecule has 0 amide bonds. The van der Waals surface area contributed by atoms with Gasteiger partial charge in [0.15, 0.2) is 0 Å². The molecular formula is C18H20N2O5S. The van der Waals surface area contributed by atoms with Crippen LogP contribution in [0.25, 0.3) is 0 Å². The van der Waals surface area contributed by atoms with E-state index in [9.17, 15) is 18.5 Å². The number of nitro groups is 1. The van der Waals surface area contributed by atoms with Crippen LogP contribution in [-0.4, -0.2) is 36.8 Å². The molecule has 0 bridgehead atoms. The van der Waals surface area contributed by atoms with E-state index in [1.165, 1.54) is 22.5 Å². The van der Waals surface area contributed by atoms with E-state index in [-0.39, 0.29) is 35.9 Å². The SMILES string of the molecule is Cc1ccc(C2CN(S(=O)(=O)c3cccc([N+](=O)[O-])c3)C(C)CO2)cc1. The number of rotatable bonds is 4. The van der Waals surface area contributed by atoms with Crippen LogP contribution in [0.4, 0.5) is 5.69 Å². The summed E-state index contributed by atoms with van der Waals surface area (Å²) >= 11 is 0. The summed E-state index contributed by atoms with van der Waals surface area (Å²) in [5, 5.41) is 11.0. The minimum absolute atomic E-state index is 0.0805. The molecule has 3 rings (SSSR count). The van der Waals surface area contributed by atoms with Crippen molar-refractivity contribution >= 4 is 15.7 Å². The normalized spacial score (nSPS) is 21.5. The molecule has 2 atom stereocenters. The predicted octanol–water partition coefficient (Wildman–Crippen LogP) is 3.05. The molecule has 0 N–H and O–H groups in total. The van der Waals surface area contributed by atoms with Gasteiger partial charge in [0.1, 0.15) is 0 Å².